The summed E-state index contributed by atoms with van der Waals surface area (Å²) in [6.45, 7) is 4.30. The predicted molar refractivity (Wildman–Crippen MR) is 106 cm³/mol. The molecule has 3 rings (SSSR count). The van der Waals surface area contributed by atoms with E-state index in [1.807, 2.05) is 19.1 Å². The number of hydrogen-bond donors (Lipinski definition) is 2. The van der Waals surface area contributed by atoms with Crippen molar-refractivity contribution in [2.24, 2.45) is 0 Å². The first-order valence-corrected chi connectivity index (χ1v) is 9.18. The van der Waals surface area contributed by atoms with Gasteiger partial charge < -0.3 is 20.3 Å². The van der Waals surface area contributed by atoms with Crippen LogP contribution < -0.4 is 10.6 Å². The fraction of sp³-hybridized carbons (Fsp3) is 0.300. The maximum atomic E-state index is 12.6. The van der Waals surface area contributed by atoms with Crippen LogP contribution in [0, 0.1) is 6.92 Å². The highest BCUT2D eigenvalue weighted by Crippen LogP contribution is 2.20. The minimum atomic E-state index is -0.190. The quantitative estimate of drug-likeness (QED) is 0.826. The van der Waals surface area contributed by atoms with Gasteiger partial charge in [-0.05, 0) is 42.8 Å². The molecule has 0 saturated carbocycles. The van der Waals surface area contributed by atoms with E-state index in [-0.39, 0.29) is 18.4 Å². The zero-order valence-corrected chi connectivity index (χ0v) is 15.9. The van der Waals surface area contributed by atoms with E-state index in [4.69, 9.17) is 16.3 Å². The summed E-state index contributed by atoms with van der Waals surface area (Å²) in [5.41, 5.74) is 2.93. The summed E-state index contributed by atoms with van der Waals surface area (Å²) in [5, 5.41) is 6.46. The standard InChI is InChI=1S/C20H22ClN3O3/c1-14-5-6-16(21)12-18(14)23-19(25)13-22-17-4-2-3-15(11-17)20(26)24-7-9-27-10-8-24/h2-6,11-12,22H,7-10,13H2,1H3,(H,23,25). The molecule has 6 nitrogen and oxygen atoms in total. The van der Waals surface area contributed by atoms with Crippen molar-refractivity contribution in [2.75, 3.05) is 43.5 Å². The Morgan fingerprint density at radius 2 is 1.93 bits per heavy atom. The van der Waals surface area contributed by atoms with E-state index in [1.165, 1.54) is 0 Å². The van der Waals surface area contributed by atoms with E-state index in [2.05, 4.69) is 10.6 Å². The van der Waals surface area contributed by atoms with Crippen molar-refractivity contribution in [3.63, 3.8) is 0 Å². The summed E-state index contributed by atoms with van der Waals surface area (Å²) >= 11 is 5.97. The molecule has 0 aliphatic carbocycles. The molecule has 0 unspecified atom stereocenters. The van der Waals surface area contributed by atoms with Crippen molar-refractivity contribution in [3.8, 4) is 0 Å². The lowest BCUT2D eigenvalue weighted by Gasteiger charge is -2.27. The number of benzene rings is 2. The van der Waals surface area contributed by atoms with E-state index in [0.29, 0.717) is 48.3 Å². The van der Waals surface area contributed by atoms with Crippen molar-refractivity contribution in [1.82, 2.24) is 4.90 Å². The molecule has 1 saturated heterocycles. The molecule has 0 aromatic heterocycles. The lowest BCUT2D eigenvalue weighted by Crippen LogP contribution is -2.40. The maximum Gasteiger partial charge on any atom is 0.254 e. The Balaban J connectivity index is 1.58. The van der Waals surface area contributed by atoms with Crippen molar-refractivity contribution >= 4 is 34.8 Å². The molecule has 1 heterocycles. The van der Waals surface area contributed by atoms with Gasteiger partial charge in [0.15, 0.2) is 0 Å². The van der Waals surface area contributed by atoms with E-state index < -0.39 is 0 Å². The smallest absolute Gasteiger partial charge is 0.254 e. The minimum Gasteiger partial charge on any atom is -0.378 e. The second-order valence-electron chi connectivity index (χ2n) is 6.35. The fourth-order valence-electron chi connectivity index (χ4n) is 2.82. The molecule has 1 fully saturated rings. The van der Waals surface area contributed by atoms with E-state index in [0.717, 1.165) is 5.56 Å². The number of aryl methyl sites for hydroxylation is 1. The molecule has 1 aliphatic heterocycles. The molecule has 0 spiro atoms. The second kappa shape index (κ2) is 8.88. The number of halogens is 1. The molecule has 2 amide bonds. The van der Waals surface area contributed by atoms with Crippen LogP contribution >= 0.6 is 11.6 Å². The average Bonchev–Trinajstić information content (AvgIpc) is 2.69. The average molecular weight is 388 g/mol. The van der Waals surface area contributed by atoms with Gasteiger partial charge in [-0.25, -0.2) is 0 Å². The molecule has 2 aromatic carbocycles. The van der Waals surface area contributed by atoms with Gasteiger partial charge in [0.1, 0.15) is 0 Å². The largest absolute Gasteiger partial charge is 0.378 e. The van der Waals surface area contributed by atoms with Crippen molar-refractivity contribution in [1.29, 1.82) is 0 Å². The van der Waals surface area contributed by atoms with Crippen LogP contribution in [0.1, 0.15) is 15.9 Å². The van der Waals surface area contributed by atoms with Crippen LogP contribution in [0.4, 0.5) is 11.4 Å². The molecule has 2 N–H and O–H groups in total. The van der Waals surface area contributed by atoms with Gasteiger partial charge in [-0.3, -0.25) is 9.59 Å². The number of morpholine rings is 1. The number of nitrogens with one attached hydrogen (secondary N) is 2. The molecule has 2 aromatic rings. The summed E-state index contributed by atoms with van der Waals surface area (Å²) in [5.74, 6) is -0.216. The SMILES string of the molecule is Cc1ccc(Cl)cc1NC(=O)CNc1cccc(C(=O)N2CCOCC2)c1. The van der Waals surface area contributed by atoms with Gasteiger partial charge in [-0.1, -0.05) is 23.7 Å². The lowest BCUT2D eigenvalue weighted by molar-refractivity contribution is -0.114. The number of ether oxygens (including phenoxy) is 1. The van der Waals surface area contributed by atoms with Crippen LogP contribution in [0.5, 0.6) is 0 Å². The van der Waals surface area contributed by atoms with Crippen LogP contribution in [0.15, 0.2) is 42.5 Å². The highest BCUT2D eigenvalue weighted by molar-refractivity contribution is 6.31. The first kappa shape index (κ1) is 19.2. The van der Waals surface area contributed by atoms with Gasteiger partial charge in [0.2, 0.25) is 5.91 Å². The number of rotatable bonds is 5. The van der Waals surface area contributed by atoms with Gasteiger partial charge in [0.05, 0.1) is 19.8 Å². The fourth-order valence-corrected chi connectivity index (χ4v) is 2.99. The van der Waals surface area contributed by atoms with Crippen molar-refractivity contribution in [3.05, 3.63) is 58.6 Å². The Labute approximate surface area is 163 Å². The topological polar surface area (TPSA) is 70.7 Å². The third-order valence-corrected chi connectivity index (χ3v) is 4.57. The molecular weight excluding hydrogens is 366 g/mol. The van der Waals surface area contributed by atoms with Crippen LogP contribution in [0.3, 0.4) is 0 Å². The third kappa shape index (κ3) is 5.21. The normalized spacial score (nSPS) is 13.9. The predicted octanol–water partition coefficient (Wildman–Crippen LogP) is 3.17. The number of carbonyl (C=O) groups excluding carboxylic acids is 2. The Kier molecular flexibility index (Phi) is 6.32. The number of amides is 2. The number of nitrogens with zero attached hydrogens (tertiary/aromatic N) is 1. The summed E-state index contributed by atoms with van der Waals surface area (Å²) in [7, 11) is 0. The molecule has 7 heteroatoms. The highest BCUT2D eigenvalue weighted by Gasteiger charge is 2.18. The zero-order chi connectivity index (χ0) is 19.2. The van der Waals surface area contributed by atoms with Gasteiger partial charge in [-0.2, -0.15) is 0 Å². The Morgan fingerprint density at radius 3 is 2.70 bits per heavy atom. The van der Waals surface area contributed by atoms with Gasteiger partial charge in [0, 0.05) is 35.1 Å². The van der Waals surface area contributed by atoms with Crippen LogP contribution in [0.2, 0.25) is 5.02 Å². The zero-order valence-electron chi connectivity index (χ0n) is 15.1. The summed E-state index contributed by atoms with van der Waals surface area (Å²) in [6.07, 6.45) is 0. The first-order chi connectivity index (χ1) is 13.0. The van der Waals surface area contributed by atoms with Crippen LogP contribution in [0.25, 0.3) is 0 Å². The van der Waals surface area contributed by atoms with Crippen LogP contribution in [-0.2, 0) is 9.53 Å². The van der Waals surface area contributed by atoms with E-state index >= 15 is 0 Å². The highest BCUT2D eigenvalue weighted by atomic mass is 35.5. The van der Waals surface area contributed by atoms with Crippen LogP contribution in [-0.4, -0.2) is 49.6 Å². The monoisotopic (exact) mass is 387 g/mol. The molecule has 27 heavy (non-hydrogen) atoms. The summed E-state index contributed by atoms with van der Waals surface area (Å²) in [6, 6.07) is 12.5. The Morgan fingerprint density at radius 1 is 1.15 bits per heavy atom. The van der Waals surface area contributed by atoms with E-state index in [9.17, 15) is 9.59 Å². The molecular formula is C20H22ClN3O3. The lowest BCUT2D eigenvalue weighted by atomic mass is 10.1. The van der Waals surface area contributed by atoms with Gasteiger partial charge in [0.25, 0.3) is 5.91 Å². The minimum absolute atomic E-state index is 0.0269. The third-order valence-electron chi connectivity index (χ3n) is 4.33. The molecule has 0 atom stereocenters. The Hall–Kier alpha value is -2.57. The van der Waals surface area contributed by atoms with Crippen molar-refractivity contribution < 1.29 is 14.3 Å². The molecule has 1 aliphatic rings. The summed E-state index contributed by atoms with van der Waals surface area (Å²) < 4.78 is 5.28. The maximum absolute atomic E-state index is 12.6. The number of hydrogen-bond acceptors (Lipinski definition) is 4. The van der Waals surface area contributed by atoms with Gasteiger partial charge in [-0.15, -0.1) is 0 Å². The number of carbonyl (C=O) groups is 2. The van der Waals surface area contributed by atoms with Crippen molar-refractivity contribution in [2.45, 2.75) is 6.92 Å². The Bertz CT molecular complexity index is 835. The summed E-state index contributed by atoms with van der Waals surface area (Å²) in [4.78, 5) is 26.5. The first-order valence-electron chi connectivity index (χ1n) is 8.80. The van der Waals surface area contributed by atoms with E-state index in [1.54, 1.807) is 35.2 Å². The molecule has 142 valence electrons. The van der Waals surface area contributed by atoms with Gasteiger partial charge >= 0.3 is 0 Å². The second-order valence-corrected chi connectivity index (χ2v) is 6.78. The molecule has 0 radical (unpaired) electrons. The number of anilines is 2. The molecule has 0 bridgehead atoms.